The van der Waals surface area contributed by atoms with Crippen LogP contribution in [0.2, 0.25) is 0 Å². The third kappa shape index (κ3) is 3.87. The Kier molecular flexibility index (Phi) is 5.83. The zero-order valence-electron chi connectivity index (χ0n) is 14.3. The van der Waals surface area contributed by atoms with E-state index >= 15 is 0 Å². The van der Waals surface area contributed by atoms with Crippen molar-refractivity contribution < 1.29 is 0 Å². The van der Waals surface area contributed by atoms with Gasteiger partial charge in [-0.3, -0.25) is 4.90 Å². The van der Waals surface area contributed by atoms with Crippen molar-refractivity contribution in [2.24, 2.45) is 0 Å². The number of piperazine rings is 1. The standard InChI is InChI=1S/C19H32N2/c1-5-8-18-14-21(19(6-2,7-3)15-20-18)13-17-11-9-16(4)10-12-17/h9-12,18,20H,5-8,13-15H2,1-4H3. The van der Waals surface area contributed by atoms with E-state index < -0.39 is 0 Å². The fourth-order valence-electron chi connectivity index (χ4n) is 3.61. The molecule has 0 aliphatic carbocycles. The van der Waals surface area contributed by atoms with Crippen LogP contribution in [0.1, 0.15) is 57.6 Å². The minimum absolute atomic E-state index is 0.328. The van der Waals surface area contributed by atoms with Crippen molar-refractivity contribution >= 4 is 0 Å². The molecule has 1 fully saturated rings. The largest absolute Gasteiger partial charge is 0.311 e. The van der Waals surface area contributed by atoms with E-state index in [1.165, 1.54) is 43.4 Å². The van der Waals surface area contributed by atoms with Crippen LogP contribution in [-0.2, 0) is 6.54 Å². The summed E-state index contributed by atoms with van der Waals surface area (Å²) < 4.78 is 0. The summed E-state index contributed by atoms with van der Waals surface area (Å²) in [7, 11) is 0. The van der Waals surface area contributed by atoms with Gasteiger partial charge in [0.1, 0.15) is 0 Å². The molecule has 1 aromatic rings. The second-order valence-corrected chi connectivity index (χ2v) is 6.66. The van der Waals surface area contributed by atoms with Gasteiger partial charge in [0.2, 0.25) is 0 Å². The van der Waals surface area contributed by atoms with E-state index in [9.17, 15) is 0 Å². The molecule has 1 unspecified atom stereocenters. The summed E-state index contributed by atoms with van der Waals surface area (Å²) in [6, 6.07) is 9.72. The van der Waals surface area contributed by atoms with Gasteiger partial charge in [-0.25, -0.2) is 0 Å². The van der Waals surface area contributed by atoms with E-state index in [0.717, 1.165) is 13.1 Å². The molecule has 0 amide bonds. The van der Waals surface area contributed by atoms with Crippen LogP contribution in [0.3, 0.4) is 0 Å². The Labute approximate surface area is 130 Å². The Morgan fingerprint density at radius 1 is 1.14 bits per heavy atom. The predicted molar refractivity (Wildman–Crippen MR) is 91.6 cm³/mol. The summed E-state index contributed by atoms with van der Waals surface area (Å²) in [5.41, 5.74) is 3.12. The lowest BCUT2D eigenvalue weighted by atomic mass is 9.86. The summed E-state index contributed by atoms with van der Waals surface area (Å²) >= 11 is 0. The Morgan fingerprint density at radius 3 is 2.38 bits per heavy atom. The molecule has 0 bridgehead atoms. The second-order valence-electron chi connectivity index (χ2n) is 6.66. The van der Waals surface area contributed by atoms with Gasteiger partial charge in [0, 0.05) is 31.2 Å². The zero-order valence-corrected chi connectivity index (χ0v) is 14.3. The van der Waals surface area contributed by atoms with Crippen molar-refractivity contribution in [1.82, 2.24) is 10.2 Å². The van der Waals surface area contributed by atoms with Crippen LogP contribution in [0.15, 0.2) is 24.3 Å². The minimum atomic E-state index is 0.328. The molecule has 1 aliphatic heterocycles. The van der Waals surface area contributed by atoms with Gasteiger partial charge < -0.3 is 5.32 Å². The lowest BCUT2D eigenvalue weighted by molar-refractivity contribution is 0.0228. The van der Waals surface area contributed by atoms with Gasteiger partial charge in [0.15, 0.2) is 0 Å². The molecule has 2 nitrogen and oxygen atoms in total. The summed E-state index contributed by atoms with van der Waals surface area (Å²) in [6.45, 7) is 12.5. The highest BCUT2D eigenvalue weighted by Crippen LogP contribution is 2.29. The monoisotopic (exact) mass is 288 g/mol. The van der Waals surface area contributed by atoms with Crippen LogP contribution in [0.25, 0.3) is 0 Å². The van der Waals surface area contributed by atoms with Gasteiger partial charge in [0.25, 0.3) is 0 Å². The highest BCUT2D eigenvalue weighted by molar-refractivity contribution is 5.21. The number of nitrogens with zero attached hydrogens (tertiary/aromatic N) is 1. The number of nitrogens with one attached hydrogen (secondary N) is 1. The molecule has 0 saturated carbocycles. The number of benzene rings is 1. The second kappa shape index (κ2) is 7.42. The van der Waals surface area contributed by atoms with Gasteiger partial charge >= 0.3 is 0 Å². The number of hydrogen-bond acceptors (Lipinski definition) is 2. The minimum Gasteiger partial charge on any atom is -0.311 e. The van der Waals surface area contributed by atoms with Crippen LogP contribution < -0.4 is 5.32 Å². The Morgan fingerprint density at radius 2 is 1.81 bits per heavy atom. The third-order valence-electron chi connectivity index (χ3n) is 5.28. The third-order valence-corrected chi connectivity index (χ3v) is 5.28. The lowest BCUT2D eigenvalue weighted by Crippen LogP contribution is -2.63. The van der Waals surface area contributed by atoms with E-state index in [1.54, 1.807) is 0 Å². The first-order valence-electron chi connectivity index (χ1n) is 8.67. The Hall–Kier alpha value is -0.860. The van der Waals surface area contributed by atoms with Crippen LogP contribution in [-0.4, -0.2) is 29.6 Å². The molecule has 21 heavy (non-hydrogen) atoms. The van der Waals surface area contributed by atoms with Crippen molar-refractivity contribution in [2.45, 2.75) is 71.5 Å². The molecule has 1 aromatic carbocycles. The summed E-state index contributed by atoms with van der Waals surface area (Å²) in [4.78, 5) is 2.74. The molecule has 1 heterocycles. The van der Waals surface area contributed by atoms with E-state index in [2.05, 4.69) is 62.2 Å². The topological polar surface area (TPSA) is 15.3 Å². The van der Waals surface area contributed by atoms with Gasteiger partial charge in [-0.05, 0) is 31.7 Å². The van der Waals surface area contributed by atoms with Crippen LogP contribution in [0, 0.1) is 6.92 Å². The molecule has 0 aromatic heterocycles. The first-order chi connectivity index (χ1) is 10.1. The molecule has 0 radical (unpaired) electrons. The summed E-state index contributed by atoms with van der Waals surface area (Å²) in [5, 5.41) is 3.80. The SMILES string of the molecule is CCCC1CN(Cc2ccc(C)cc2)C(CC)(CC)CN1. The first-order valence-corrected chi connectivity index (χ1v) is 8.67. The van der Waals surface area contributed by atoms with Crippen molar-refractivity contribution in [1.29, 1.82) is 0 Å². The van der Waals surface area contributed by atoms with E-state index in [1.807, 2.05) is 0 Å². The predicted octanol–water partition coefficient (Wildman–Crippen LogP) is 4.13. The molecule has 0 spiro atoms. The molecule has 1 atom stereocenters. The summed E-state index contributed by atoms with van der Waals surface area (Å²) in [6.07, 6.45) is 5.00. The quantitative estimate of drug-likeness (QED) is 0.847. The van der Waals surface area contributed by atoms with Crippen LogP contribution >= 0.6 is 0 Å². The van der Waals surface area contributed by atoms with Gasteiger partial charge in [-0.15, -0.1) is 0 Å². The molecule has 2 rings (SSSR count). The highest BCUT2D eigenvalue weighted by atomic mass is 15.3. The Bertz CT molecular complexity index is 420. The molecule has 1 saturated heterocycles. The Balaban J connectivity index is 2.14. The number of aryl methyl sites for hydroxylation is 1. The van der Waals surface area contributed by atoms with Crippen molar-refractivity contribution in [3.63, 3.8) is 0 Å². The maximum absolute atomic E-state index is 3.80. The van der Waals surface area contributed by atoms with Crippen molar-refractivity contribution in [3.05, 3.63) is 35.4 Å². The smallest absolute Gasteiger partial charge is 0.0333 e. The zero-order chi connectivity index (χ0) is 15.3. The molecule has 1 N–H and O–H groups in total. The van der Waals surface area contributed by atoms with E-state index in [0.29, 0.717) is 11.6 Å². The van der Waals surface area contributed by atoms with E-state index in [-0.39, 0.29) is 0 Å². The number of rotatable bonds is 6. The van der Waals surface area contributed by atoms with Crippen LogP contribution in [0.4, 0.5) is 0 Å². The summed E-state index contributed by atoms with van der Waals surface area (Å²) in [5.74, 6) is 0. The van der Waals surface area contributed by atoms with Crippen molar-refractivity contribution in [3.8, 4) is 0 Å². The van der Waals surface area contributed by atoms with E-state index in [4.69, 9.17) is 0 Å². The first kappa shape index (κ1) is 16.5. The maximum Gasteiger partial charge on any atom is 0.0333 e. The maximum atomic E-state index is 3.80. The number of hydrogen-bond donors (Lipinski definition) is 1. The fraction of sp³-hybridized carbons (Fsp3) is 0.684. The van der Waals surface area contributed by atoms with Gasteiger partial charge in [0.05, 0.1) is 0 Å². The molecule has 118 valence electrons. The van der Waals surface area contributed by atoms with Gasteiger partial charge in [-0.2, -0.15) is 0 Å². The molecular formula is C19H32N2. The molecule has 2 heteroatoms. The van der Waals surface area contributed by atoms with Gasteiger partial charge in [-0.1, -0.05) is 57.0 Å². The van der Waals surface area contributed by atoms with Crippen LogP contribution in [0.5, 0.6) is 0 Å². The average molecular weight is 288 g/mol. The van der Waals surface area contributed by atoms with Crippen molar-refractivity contribution in [2.75, 3.05) is 13.1 Å². The molecular weight excluding hydrogens is 256 g/mol. The molecule has 1 aliphatic rings. The average Bonchev–Trinajstić information content (AvgIpc) is 2.51. The highest BCUT2D eigenvalue weighted by Gasteiger charge is 2.38. The lowest BCUT2D eigenvalue weighted by Gasteiger charge is -2.50. The fourth-order valence-corrected chi connectivity index (χ4v) is 3.61. The normalized spacial score (nSPS) is 22.4.